The van der Waals surface area contributed by atoms with E-state index in [1.54, 1.807) is 18.4 Å². The Kier molecular flexibility index (Phi) is 3.27. The minimum Gasteiger partial charge on any atom is -0.459 e. The summed E-state index contributed by atoms with van der Waals surface area (Å²) in [6.45, 7) is 1.22. The number of aromatic nitrogens is 3. The van der Waals surface area contributed by atoms with Crippen LogP contribution in [0, 0.1) is 0 Å². The van der Waals surface area contributed by atoms with Gasteiger partial charge in [-0.2, -0.15) is 0 Å². The second-order valence-electron chi connectivity index (χ2n) is 5.65. The highest BCUT2D eigenvalue weighted by molar-refractivity contribution is 5.42. The summed E-state index contributed by atoms with van der Waals surface area (Å²) < 4.78 is 16.2. The quantitative estimate of drug-likeness (QED) is 0.692. The lowest BCUT2D eigenvalue weighted by Gasteiger charge is -2.11. The van der Waals surface area contributed by atoms with Crippen LogP contribution in [0.2, 0.25) is 0 Å². The summed E-state index contributed by atoms with van der Waals surface area (Å²) in [6.07, 6.45) is 4.00. The highest BCUT2D eigenvalue weighted by Gasteiger charge is 2.28. The molecule has 0 unspecified atom stereocenters. The Bertz CT molecular complexity index is 743. The molecule has 1 aliphatic rings. The lowest BCUT2D eigenvalue weighted by atomic mass is 10.3. The molecule has 3 aromatic heterocycles. The van der Waals surface area contributed by atoms with Gasteiger partial charge in [0.05, 0.1) is 18.5 Å². The number of furan rings is 1. The SMILES string of the molecule is CN(Cc1cc(C2CC2)on1)Cc1nnc(-c2ccco2)o1. The maximum Gasteiger partial charge on any atom is 0.283 e. The van der Waals surface area contributed by atoms with Gasteiger partial charge in [0.15, 0.2) is 5.76 Å². The molecule has 0 aliphatic heterocycles. The summed E-state index contributed by atoms with van der Waals surface area (Å²) >= 11 is 0. The fourth-order valence-corrected chi connectivity index (χ4v) is 2.34. The van der Waals surface area contributed by atoms with Gasteiger partial charge >= 0.3 is 0 Å². The molecule has 22 heavy (non-hydrogen) atoms. The molecule has 0 amide bonds. The Morgan fingerprint density at radius 2 is 2.18 bits per heavy atom. The van der Waals surface area contributed by atoms with Gasteiger partial charge in [-0.15, -0.1) is 10.2 Å². The minimum atomic E-state index is 0.394. The largest absolute Gasteiger partial charge is 0.459 e. The van der Waals surface area contributed by atoms with Gasteiger partial charge < -0.3 is 13.4 Å². The molecular formula is C15H16N4O3. The van der Waals surface area contributed by atoms with E-state index in [9.17, 15) is 0 Å². The van der Waals surface area contributed by atoms with E-state index in [4.69, 9.17) is 13.4 Å². The van der Waals surface area contributed by atoms with Crippen molar-refractivity contribution in [3.05, 3.63) is 41.8 Å². The molecule has 0 saturated heterocycles. The topological polar surface area (TPSA) is 81.3 Å². The third-order valence-corrected chi connectivity index (χ3v) is 3.59. The summed E-state index contributed by atoms with van der Waals surface area (Å²) in [5, 5.41) is 12.1. The molecule has 0 bridgehead atoms. The number of hydrogen-bond acceptors (Lipinski definition) is 7. The molecule has 3 heterocycles. The molecule has 0 atom stereocenters. The van der Waals surface area contributed by atoms with E-state index in [0.29, 0.717) is 36.5 Å². The van der Waals surface area contributed by atoms with E-state index in [2.05, 4.69) is 15.4 Å². The van der Waals surface area contributed by atoms with Crippen molar-refractivity contribution in [2.24, 2.45) is 0 Å². The summed E-state index contributed by atoms with van der Waals surface area (Å²) in [5.74, 6) is 3.09. The normalized spacial score (nSPS) is 14.8. The Labute approximate surface area is 126 Å². The van der Waals surface area contributed by atoms with E-state index < -0.39 is 0 Å². The van der Waals surface area contributed by atoms with Gasteiger partial charge in [-0.3, -0.25) is 4.90 Å². The van der Waals surface area contributed by atoms with E-state index in [0.717, 1.165) is 11.5 Å². The van der Waals surface area contributed by atoms with Crippen molar-refractivity contribution in [2.45, 2.75) is 31.8 Å². The van der Waals surface area contributed by atoms with E-state index >= 15 is 0 Å². The van der Waals surface area contributed by atoms with Crippen molar-refractivity contribution < 1.29 is 13.4 Å². The maximum absolute atomic E-state index is 5.59. The van der Waals surface area contributed by atoms with Crippen LogP contribution in [0.4, 0.5) is 0 Å². The number of rotatable bonds is 6. The van der Waals surface area contributed by atoms with Gasteiger partial charge in [0.25, 0.3) is 5.89 Å². The average Bonchev–Trinajstić information content (AvgIpc) is 2.95. The van der Waals surface area contributed by atoms with E-state index in [1.165, 1.54) is 12.8 Å². The molecule has 0 aromatic carbocycles. The second kappa shape index (κ2) is 5.42. The van der Waals surface area contributed by atoms with Gasteiger partial charge in [-0.25, -0.2) is 0 Å². The smallest absolute Gasteiger partial charge is 0.283 e. The maximum atomic E-state index is 5.59. The zero-order valence-corrected chi connectivity index (χ0v) is 12.2. The predicted molar refractivity (Wildman–Crippen MR) is 75.6 cm³/mol. The van der Waals surface area contributed by atoms with Crippen LogP contribution in [0.1, 0.15) is 36.1 Å². The highest BCUT2D eigenvalue weighted by atomic mass is 16.5. The van der Waals surface area contributed by atoms with Crippen molar-refractivity contribution in [3.63, 3.8) is 0 Å². The molecule has 7 nitrogen and oxygen atoms in total. The fourth-order valence-electron chi connectivity index (χ4n) is 2.34. The lowest BCUT2D eigenvalue weighted by Crippen LogP contribution is -2.17. The zero-order chi connectivity index (χ0) is 14.9. The predicted octanol–water partition coefficient (Wildman–Crippen LogP) is 2.83. The molecule has 0 radical (unpaired) electrons. The zero-order valence-electron chi connectivity index (χ0n) is 12.2. The first-order chi connectivity index (χ1) is 10.8. The molecule has 4 rings (SSSR count). The molecule has 1 aliphatic carbocycles. The molecule has 0 N–H and O–H groups in total. The first-order valence-corrected chi connectivity index (χ1v) is 7.28. The number of nitrogens with zero attached hydrogens (tertiary/aromatic N) is 4. The first kappa shape index (κ1) is 13.3. The van der Waals surface area contributed by atoms with Crippen LogP contribution in [0.5, 0.6) is 0 Å². The van der Waals surface area contributed by atoms with Crippen LogP contribution in [0.15, 0.2) is 37.8 Å². The van der Waals surface area contributed by atoms with Crippen molar-refractivity contribution in [1.29, 1.82) is 0 Å². The van der Waals surface area contributed by atoms with Crippen LogP contribution in [-0.4, -0.2) is 27.3 Å². The molecule has 7 heteroatoms. The van der Waals surface area contributed by atoms with Crippen molar-refractivity contribution in [1.82, 2.24) is 20.3 Å². The summed E-state index contributed by atoms with van der Waals surface area (Å²) in [6, 6.07) is 5.61. The monoisotopic (exact) mass is 300 g/mol. The van der Waals surface area contributed by atoms with Crippen molar-refractivity contribution >= 4 is 0 Å². The van der Waals surface area contributed by atoms with Gasteiger partial charge in [-0.05, 0) is 32.0 Å². The van der Waals surface area contributed by atoms with Gasteiger partial charge in [-0.1, -0.05) is 5.16 Å². The van der Waals surface area contributed by atoms with Crippen LogP contribution in [-0.2, 0) is 13.1 Å². The summed E-state index contributed by atoms with van der Waals surface area (Å²) in [7, 11) is 1.97. The second-order valence-corrected chi connectivity index (χ2v) is 5.65. The molecular weight excluding hydrogens is 284 g/mol. The molecule has 114 valence electrons. The van der Waals surface area contributed by atoms with Crippen LogP contribution in [0.25, 0.3) is 11.7 Å². The van der Waals surface area contributed by atoms with Crippen LogP contribution < -0.4 is 0 Å². The van der Waals surface area contributed by atoms with E-state index in [-0.39, 0.29) is 0 Å². The summed E-state index contributed by atoms with van der Waals surface area (Å²) in [5.41, 5.74) is 0.926. The molecule has 0 spiro atoms. The van der Waals surface area contributed by atoms with Crippen LogP contribution >= 0.6 is 0 Å². The lowest BCUT2D eigenvalue weighted by molar-refractivity contribution is 0.271. The van der Waals surface area contributed by atoms with Gasteiger partial charge in [0, 0.05) is 18.5 Å². The van der Waals surface area contributed by atoms with Gasteiger partial charge in [0.1, 0.15) is 5.76 Å². The summed E-state index contributed by atoms with van der Waals surface area (Å²) in [4.78, 5) is 2.05. The Balaban J connectivity index is 1.37. The standard InChI is InChI=1S/C15H16N4O3/c1-19(8-11-7-13(22-18-11)10-4-5-10)9-14-16-17-15(21-14)12-3-2-6-20-12/h2-3,6-7,10H,4-5,8-9H2,1H3. The Morgan fingerprint density at radius 1 is 1.27 bits per heavy atom. The Morgan fingerprint density at radius 3 is 2.95 bits per heavy atom. The van der Waals surface area contributed by atoms with Crippen molar-refractivity contribution in [3.8, 4) is 11.7 Å². The van der Waals surface area contributed by atoms with E-state index in [1.807, 2.05) is 18.0 Å². The van der Waals surface area contributed by atoms with Gasteiger partial charge in [0.2, 0.25) is 5.89 Å². The van der Waals surface area contributed by atoms with Crippen molar-refractivity contribution in [2.75, 3.05) is 7.05 Å². The third kappa shape index (κ3) is 2.80. The molecule has 3 aromatic rings. The molecule has 1 saturated carbocycles. The van der Waals surface area contributed by atoms with Crippen LogP contribution in [0.3, 0.4) is 0 Å². The third-order valence-electron chi connectivity index (χ3n) is 3.59. The minimum absolute atomic E-state index is 0.394. The number of hydrogen-bond donors (Lipinski definition) is 0. The highest BCUT2D eigenvalue weighted by Crippen LogP contribution is 2.40. The molecule has 1 fully saturated rings. The Hall–Kier alpha value is -2.41. The average molecular weight is 300 g/mol. The first-order valence-electron chi connectivity index (χ1n) is 7.28. The fraction of sp³-hybridized carbons (Fsp3) is 0.400.